The number of nitrogens with zero attached hydrogens (tertiary/aromatic N) is 1. The largest absolute Gasteiger partial charge is 0.302 e. The summed E-state index contributed by atoms with van der Waals surface area (Å²) in [5.74, 6) is -0.00589. The molecule has 0 N–H and O–H groups in total. The molecular formula is C17H18ClNO2S. The van der Waals surface area contributed by atoms with Crippen LogP contribution >= 0.6 is 22.9 Å². The van der Waals surface area contributed by atoms with Crippen LogP contribution in [0.3, 0.4) is 0 Å². The first kappa shape index (κ1) is 16.7. The lowest BCUT2D eigenvalue weighted by Crippen LogP contribution is -2.30. The van der Waals surface area contributed by atoms with Crippen molar-refractivity contribution in [1.29, 1.82) is 0 Å². The Balaban J connectivity index is 2.62. The molecule has 3 nitrogen and oxygen atoms in total. The van der Waals surface area contributed by atoms with Gasteiger partial charge >= 0.3 is 0 Å². The number of ketones is 1. The molecule has 2 aromatic rings. The first-order chi connectivity index (χ1) is 10.2. The molecule has 1 heterocycles. The molecule has 116 valence electrons. The fourth-order valence-corrected chi connectivity index (χ4v) is 2.98. The number of thiazole rings is 1. The zero-order chi connectivity index (χ0) is 16.5. The SMILES string of the molecule is Cn1c(=O)/c(=C\c2ccccc2Cl)s/c1=C\C(=O)C(C)(C)C. The van der Waals surface area contributed by atoms with E-state index in [1.165, 1.54) is 22.0 Å². The van der Waals surface area contributed by atoms with Crippen molar-refractivity contribution in [2.45, 2.75) is 20.8 Å². The van der Waals surface area contributed by atoms with Crippen molar-refractivity contribution >= 4 is 40.9 Å². The third-order valence-corrected chi connectivity index (χ3v) is 4.70. The van der Waals surface area contributed by atoms with Gasteiger partial charge in [-0.3, -0.25) is 9.59 Å². The third kappa shape index (κ3) is 3.57. The standard InChI is InChI=1S/C17H18ClNO2S/c1-17(2,3)14(20)10-15-19(4)16(21)13(22-15)9-11-7-5-6-8-12(11)18/h5-10H,1-4H3/b13-9+,15-10-. The van der Waals surface area contributed by atoms with Crippen molar-refractivity contribution < 1.29 is 4.79 Å². The number of halogens is 1. The van der Waals surface area contributed by atoms with Gasteiger partial charge in [0.2, 0.25) is 0 Å². The third-order valence-electron chi connectivity index (χ3n) is 3.25. The summed E-state index contributed by atoms with van der Waals surface area (Å²) in [6.07, 6.45) is 3.30. The maximum Gasteiger partial charge on any atom is 0.268 e. The van der Waals surface area contributed by atoms with Crippen LogP contribution in [-0.4, -0.2) is 10.4 Å². The molecule has 1 aromatic carbocycles. The van der Waals surface area contributed by atoms with Crippen LogP contribution in [0.5, 0.6) is 0 Å². The second-order valence-corrected chi connectivity index (χ2v) is 7.56. The van der Waals surface area contributed by atoms with Crippen LogP contribution in [0.1, 0.15) is 26.3 Å². The van der Waals surface area contributed by atoms with Gasteiger partial charge in [-0.05, 0) is 17.7 Å². The van der Waals surface area contributed by atoms with Gasteiger partial charge in [0.15, 0.2) is 5.78 Å². The van der Waals surface area contributed by atoms with Crippen LogP contribution in [0.4, 0.5) is 0 Å². The van der Waals surface area contributed by atoms with Gasteiger partial charge in [0.25, 0.3) is 5.56 Å². The zero-order valence-corrected chi connectivity index (χ0v) is 14.6. The van der Waals surface area contributed by atoms with Gasteiger partial charge in [0, 0.05) is 23.6 Å². The first-order valence-electron chi connectivity index (χ1n) is 6.88. The molecule has 1 aromatic heterocycles. The summed E-state index contributed by atoms with van der Waals surface area (Å²) in [6, 6.07) is 7.34. The molecule has 0 aliphatic rings. The zero-order valence-electron chi connectivity index (χ0n) is 13.0. The lowest BCUT2D eigenvalue weighted by atomic mass is 9.91. The maximum absolute atomic E-state index is 12.3. The van der Waals surface area contributed by atoms with E-state index < -0.39 is 5.41 Å². The highest BCUT2D eigenvalue weighted by Crippen LogP contribution is 2.15. The molecule has 0 aliphatic carbocycles. The van der Waals surface area contributed by atoms with Gasteiger partial charge in [0.1, 0.15) is 4.66 Å². The van der Waals surface area contributed by atoms with E-state index in [1.807, 2.05) is 39.0 Å². The lowest BCUT2D eigenvalue weighted by molar-refractivity contribution is -0.120. The topological polar surface area (TPSA) is 39.1 Å². The molecule has 0 bridgehead atoms. The van der Waals surface area contributed by atoms with Gasteiger partial charge < -0.3 is 4.57 Å². The fourth-order valence-electron chi connectivity index (χ4n) is 1.77. The summed E-state index contributed by atoms with van der Waals surface area (Å²) in [4.78, 5) is 24.4. The highest BCUT2D eigenvalue weighted by atomic mass is 35.5. The lowest BCUT2D eigenvalue weighted by Gasteiger charge is -2.12. The van der Waals surface area contributed by atoms with Gasteiger partial charge in [0.05, 0.1) is 4.53 Å². The minimum absolute atomic E-state index is 0.00589. The van der Waals surface area contributed by atoms with Gasteiger partial charge in [-0.25, -0.2) is 0 Å². The smallest absolute Gasteiger partial charge is 0.268 e. The predicted octanol–water partition coefficient (Wildman–Crippen LogP) is 2.32. The Labute approximate surface area is 138 Å². The Morgan fingerprint density at radius 2 is 1.91 bits per heavy atom. The number of hydrogen-bond acceptors (Lipinski definition) is 3. The number of benzene rings is 1. The number of rotatable bonds is 2. The number of carbonyl (C=O) groups is 1. The van der Waals surface area contributed by atoms with Crippen molar-refractivity contribution in [2.75, 3.05) is 0 Å². The van der Waals surface area contributed by atoms with Gasteiger partial charge in [-0.15, -0.1) is 11.3 Å². The van der Waals surface area contributed by atoms with E-state index in [0.717, 1.165) is 5.56 Å². The molecule has 0 spiro atoms. The Bertz CT molecular complexity index is 885. The molecule has 0 unspecified atom stereocenters. The molecule has 0 fully saturated rings. The van der Waals surface area contributed by atoms with Crippen LogP contribution in [-0.2, 0) is 11.8 Å². The monoisotopic (exact) mass is 335 g/mol. The Hall–Kier alpha value is -1.65. The molecule has 0 saturated heterocycles. The van der Waals surface area contributed by atoms with Crippen LogP contribution in [0.2, 0.25) is 5.02 Å². The van der Waals surface area contributed by atoms with Crippen LogP contribution in [0.25, 0.3) is 12.2 Å². The van der Waals surface area contributed by atoms with E-state index in [-0.39, 0.29) is 11.3 Å². The minimum Gasteiger partial charge on any atom is -0.302 e. The van der Waals surface area contributed by atoms with E-state index in [9.17, 15) is 9.59 Å². The van der Waals surface area contributed by atoms with E-state index >= 15 is 0 Å². The summed E-state index contributed by atoms with van der Waals surface area (Å²) in [5.41, 5.74) is 0.196. The average molecular weight is 336 g/mol. The van der Waals surface area contributed by atoms with E-state index in [1.54, 1.807) is 19.2 Å². The molecule has 0 atom stereocenters. The molecule has 0 aliphatic heterocycles. The highest BCUT2D eigenvalue weighted by Gasteiger charge is 2.19. The summed E-state index contributed by atoms with van der Waals surface area (Å²) >= 11 is 7.41. The second-order valence-electron chi connectivity index (χ2n) is 6.09. The normalized spacial score (nSPS) is 13.7. The van der Waals surface area contributed by atoms with Crippen LogP contribution < -0.4 is 14.8 Å². The molecule has 0 amide bonds. The first-order valence-corrected chi connectivity index (χ1v) is 8.08. The van der Waals surface area contributed by atoms with Gasteiger partial charge in [-0.2, -0.15) is 0 Å². The quantitative estimate of drug-likeness (QED) is 0.845. The molecule has 0 saturated carbocycles. The highest BCUT2D eigenvalue weighted by molar-refractivity contribution is 7.07. The minimum atomic E-state index is -0.466. The molecule has 5 heteroatoms. The number of aromatic nitrogens is 1. The Morgan fingerprint density at radius 1 is 1.27 bits per heavy atom. The van der Waals surface area contributed by atoms with E-state index in [4.69, 9.17) is 11.6 Å². The number of carbonyl (C=O) groups excluding carboxylic acids is 1. The Kier molecular flexibility index (Phi) is 4.73. The molecule has 22 heavy (non-hydrogen) atoms. The van der Waals surface area contributed by atoms with Crippen LogP contribution in [0.15, 0.2) is 29.1 Å². The second kappa shape index (κ2) is 6.23. The van der Waals surface area contributed by atoms with Crippen molar-refractivity contribution in [3.05, 3.63) is 54.4 Å². The van der Waals surface area contributed by atoms with Crippen molar-refractivity contribution in [2.24, 2.45) is 12.5 Å². The summed E-state index contributed by atoms with van der Waals surface area (Å²) in [5, 5.41) is 0.592. The predicted molar refractivity (Wildman–Crippen MR) is 92.8 cm³/mol. The molecule has 0 radical (unpaired) electrons. The van der Waals surface area contributed by atoms with Crippen LogP contribution in [0, 0.1) is 5.41 Å². The molecule has 2 rings (SSSR count). The summed E-state index contributed by atoms with van der Waals surface area (Å²) in [7, 11) is 1.67. The summed E-state index contributed by atoms with van der Waals surface area (Å²) < 4.78 is 2.70. The van der Waals surface area contributed by atoms with Crippen molar-refractivity contribution in [3.8, 4) is 0 Å². The van der Waals surface area contributed by atoms with Crippen molar-refractivity contribution in [3.63, 3.8) is 0 Å². The average Bonchev–Trinajstić information content (AvgIpc) is 2.69. The maximum atomic E-state index is 12.3. The Morgan fingerprint density at radius 3 is 2.50 bits per heavy atom. The van der Waals surface area contributed by atoms with Gasteiger partial charge in [-0.1, -0.05) is 50.6 Å². The number of hydrogen-bond donors (Lipinski definition) is 0. The number of Topliss-reactive ketones (excluding diaryl/α,β-unsaturated/α-hetero) is 1. The van der Waals surface area contributed by atoms with E-state index in [0.29, 0.717) is 14.2 Å². The van der Waals surface area contributed by atoms with Crippen molar-refractivity contribution in [1.82, 2.24) is 4.57 Å². The van der Waals surface area contributed by atoms with E-state index in [2.05, 4.69) is 0 Å². The molecular weight excluding hydrogens is 318 g/mol. The fraction of sp³-hybridized carbons (Fsp3) is 0.294. The summed E-state index contributed by atoms with van der Waals surface area (Å²) in [6.45, 7) is 5.57.